The van der Waals surface area contributed by atoms with Crippen molar-refractivity contribution in [3.05, 3.63) is 63.7 Å². The molecule has 0 unspecified atom stereocenters. The molecule has 0 bridgehead atoms. The number of nitrogens with zero attached hydrogens (tertiary/aromatic N) is 1. The van der Waals surface area contributed by atoms with Gasteiger partial charge >= 0.3 is 5.69 Å². The van der Waals surface area contributed by atoms with Crippen LogP contribution >= 0.6 is 11.8 Å². The van der Waals surface area contributed by atoms with Crippen molar-refractivity contribution in [1.29, 1.82) is 0 Å². The zero-order valence-electron chi connectivity index (χ0n) is 15.3. The van der Waals surface area contributed by atoms with E-state index in [0.717, 1.165) is 11.5 Å². The van der Waals surface area contributed by atoms with Crippen LogP contribution in [0.2, 0.25) is 0 Å². The lowest BCUT2D eigenvalue weighted by atomic mass is 10.2. The van der Waals surface area contributed by atoms with Gasteiger partial charge in [0.15, 0.2) is 6.61 Å². The third-order valence-corrected chi connectivity index (χ3v) is 4.67. The van der Waals surface area contributed by atoms with Gasteiger partial charge in [-0.2, -0.15) is 11.8 Å². The minimum Gasteiger partial charge on any atom is -0.490 e. The van der Waals surface area contributed by atoms with Crippen molar-refractivity contribution < 1.29 is 19.2 Å². The molecule has 2 rings (SSSR count). The van der Waals surface area contributed by atoms with E-state index in [2.05, 4.69) is 30.4 Å². The number of nitrogens with one attached hydrogen (secondary N) is 1. The first kappa shape index (κ1) is 20.6. The van der Waals surface area contributed by atoms with Gasteiger partial charge in [-0.1, -0.05) is 29.8 Å². The maximum Gasteiger partial charge on any atom is 0.311 e. The van der Waals surface area contributed by atoms with Gasteiger partial charge in [0.1, 0.15) is 5.75 Å². The second kappa shape index (κ2) is 10.4. The van der Waals surface area contributed by atoms with Gasteiger partial charge in [-0.15, -0.1) is 0 Å². The predicted octanol–water partition coefficient (Wildman–Crippen LogP) is 3.34. The third-order valence-electron chi connectivity index (χ3n) is 3.64. The molecule has 0 fully saturated rings. The summed E-state index contributed by atoms with van der Waals surface area (Å²) in [5.41, 5.74) is 2.35. The number of hydrogen-bond donors (Lipinski definition) is 1. The SMILES string of the molecule is COc1cc(OCC(=O)NCCSCc2cccc(C)c2)ccc1[N+](=O)[O-]. The molecule has 2 aromatic carbocycles. The van der Waals surface area contributed by atoms with Crippen LogP contribution in [0.1, 0.15) is 11.1 Å². The highest BCUT2D eigenvalue weighted by Crippen LogP contribution is 2.30. The van der Waals surface area contributed by atoms with E-state index in [1.165, 1.54) is 36.4 Å². The summed E-state index contributed by atoms with van der Waals surface area (Å²) in [4.78, 5) is 22.2. The van der Waals surface area contributed by atoms with Crippen LogP contribution < -0.4 is 14.8 Å². The molecule has 8 heteroatoms. The molecule has 1 N–H and O–H groups in total. The van der Waals surface area contributed by atoms with Crippen LogP contribution in [0.3, 0.4) is 0 Å². The molecule has 2 aromatic rings. The molecule has 0 atom stereocenters. The van der Waals surface area contributed by atoms with E-state index in [0.29, 0.717) is 12.3 Å². The van der Waals surface area contributed by atoms with Crippen LogP contribution in [0, 0.1) is 17.0 Å². The Kier molecular flexibility index (Phi) is 7.94. The van der Waals surface area contributed by atoms with Crippen molar-refractivity contribution in [2.24, 2.45) is 0 Å². The van der Waals surface area contributed by atoms with Crippen molar-refractivity contribution in [2.75, 3.05) is 26.0 Å². The zero-order chi connectivity index (χ0) is 19.6. The lowest BCUT2D eigenvalue weighted by Crippen LogP contribution is -2.30. The number of benzene rings is 2. The molecule has 0 aliphatic rings. The number of carbonyl (C=O) groups excluding carboxylic acids is 1. The summed E-state index contributed by atoms with van der Waals surface area (Å²) in [5, 5.41) is 13.6. The zero-order valence-corrected chi connectivity index (χ0v) is 16.1. The van der Waals surface area contributed by atoms with E-state index in [1.54, 1.807) is 11.8 Å². The Hall–Kier alpha value is -2.74. The van der Waals surface area contributed by atoms with Crippen molar-refractivity contribution in [3.8, 4) is 11.5 Å². The predicted molar refractivity (Wildman–Crippen MR) is 105 cm³/mol. The minimum atomic E-state index is -0.538. The average Bonchev–Trinajstić information content (AvgIpc) is 2.65. The molecule has 0 aromatic heterocycles. The summed E-state index contributed by atoms with van der Waals surface area (Å²) in [6, 6.07) is 12.5. The second-order valence-corrected chi connectivity index (χ2v) is 6.88. The molecule has 7 nitrogen and oxygen atoms in total. The number of nitro benzene ring substituents is 1. The Labute approximate surface area is 162 Å². The van der Waals surface area contributed by atoms with Crippen molar-refractivity contribution in [1.82, 2.24) is 5.32 Å². The van der Waals surface area contributed by atoms with Gasteiger partial charge in [-0.3, -0.25) is 14.9 Å². The lowest BCUT2D eigenvalue weighted by molar-refractivity contribution is -0.385. The molecule has 1 amide bonds. The second-order valence-electron chi connectivity index (χ2n) is 5.77. The average molecular weight is 390 g/mol. The summed E-state index contributed by atoms with van der Waals surface area (Å²) in [6.07, 6.45) is 0. The largest absolute Gasteiger partial charge is 0.490 e. The monoisotopic (exact) mass is 390 g/mol. The molecular weight excluding hydrogens is 368 g/mol. The van der Waals surface area contributed by atoms with Gasteiger partial charge in [0.05, 0.1) is 12.0 Å². The molecule has 0 aliphatic carbocycles. The topological polar surface area (TPSA) is 90.7 Å². The Morgan fingerprint density at radius 2 is 2.07 bits per heavy atom. The Morgan fingerprint density at radius 3 is 2.78 bits per heavy atom. The van der Waals surface area contributed by atoms with Gasteiger partial charge < -0.3 is 14.8 Å². The van der Waals surface area contributed by atoms with Crippen molar-refractivity contribution in [2.45, 2.75) is 12.7 Å². The van der Waals surface area contributed by atoms with Crippen LogP contribution in [0.15, 0.2) is 42.5 Å². The van der Waals surface area contributed by atoms with E-state index in [-0.39, 0.29) is 24.0 Å². The van der Waals surface area contributed by atoms with Gasteiger partial charge in [0.2, 0.25) is 5.75 Å². The number of hydrogen-bond acceptors (Lipinski definition) is 6. The highest BCUT2D eigenvalue weighted by atomic mass is 32.2. The van der Waals surface area contributed by atoms with Crippen LogP contribution in [0.4, 0.5) is 5.69 Å². The summed E-state index contributed by atoms with van der Waals surface area (Å²) in [7, 11) is 1.34. The molecule has 0 heterocycles. The van der Waals surface area contributed by atoms with Crippen LogP contribution in [-0.4, -0.2) is 36.8 Å². The summed E-state index contributed by atoms with van der Waals surface area (Å²) < 4.78 is 10.3. The summed E-state index contributed by atoms with van der Waals surface area (Å²) in [5.74, 6) is 1.87. The molecule has 144 valence electrons. The first-order valence-corrected chi connectivity index (χ1v) is 9.50. The molecule has 0 saturated heterocycles. The van der Waals surface area contributed by atoms with Gasteiger partial charge in [-0.05, 0) is 18.6 Å². The van der Waals surface area contributed by atoms with Crippen LogP contribution in [0.25, 0.3) is 0 Å². The Morgan fingerprint density at radius 1 is 1.26 bits per heavy atom. The molecule has 27 heavy (non-hydrogen) atoms. The summed E-state index contributed by atoms with van der Waals surface area (Å²) in [6.45, 7) is 2.45. The van der Waals surface area contributed by atoms with Gasteiger partial charge in [-0.25, -0.2) is 0 Å². The maximum atomic E-state index is 11.8. The fourth-order valence-electron chi connectivity index (χ4n) is 2.35. The highest BCUT2D eigenvalue weighted by molar-refractivity contribution is 7.98. The molecule has 0 spiro atoms. The number of methoxy groups -OCH3 is 1. The standard InChI is InChI=1S/C19H22N2O5S/c1-14-4-3-5-15(10-14)13-27-9-8-20-19(22)12-26-16-6-7-17(21(23)24)18(11-16)25-2/h3-7,10-11H,8-9,12-13H2,1-2H3,(H,20,22). The van der Waals surface area contributed by atoms with Crippen molar-refractivity contribution >= 4 is 23.4 Å². The number of thioether (sulfide) groups is 1. The minimum absolute atomic E-state index is 0.0884. The summed E-state index contributed by atoms with van der Waals surface area (Å²) >= 11 is 1.74. The van der Waals surface area contributed by atoms with E-state index in [1.807, 2.05) is 6.07 Å². The Bertz CT molecular complexity index is 797. The number of nitro groups is 1. The molecular formula is C19H22N2O5S. The molecule has 0 saturated carbocycles. The number of ether oxygens (including phenoxy) is 2. The normalized spacial score (nSPS) is 10.3. The number of carbonyl (C=O) groups is 1. The fourth-order valence-corrected chi connectivity index (χ4v) is 3.16. The Balaban J connectivity index is 1.68. The maximum absolute atomic E-state index is 11.8. The quantitative estimate of drug-likeness (QED) is 0.380. The van der Waals surface area contributed by atoms with Crippen LogP contribution in [0.5, 0.6) is 11.5 Å². The van der Waals surface area contributed by atoms with Gasteiger partial charge in [0, 0.05) is 30.2 Å². The molecule has 0 aliphatic heterocycles. The number of amides is 1. The van der Waals surface area contributed by atoms with E-state index in [4.69, 9.17) is 9.47 Å². The smallest absolute Gasteiger partial charge is 0.311 e. The molecule has 0 radical (unpaired) electrons. The first-order chi connectivity index (χ1) is 13.0. The first-order valence-electron chi connectivity index (χ1n) is 8.35. The van der Waals surface area contributed by atoms with E-state index >= 15 is 0 Å². The van der Waals surface area contributed by atoms with Gasteiger partial charge in [0.25, 0.3) is 5.91 Å². The van der Waals surface area contributed by atoms with Crippen molar-refractivity contribution in [3.63, 3.8) is 0 Å². The number of rotatable bonds is 10. The lowest BCUT2D eigenvalue weighted by Gasteiger charge is -2.09. The third kappa shape index (κ3) is 6.82. The van der Waals surface area contributed by atoms with E-state index < -0.39 is 4.92 Å². The fraction of sp³-hybridized carbons (Fsp3) is 0.316. The number of aryl methyl sites for hydroxylation is 1. The van der Waals surface area contributed by atoms with Crippen LogP contribution in [-0.2, 0) is 10.5 Å². The highest BCUT2D eigenvalue weighted by Gasteiger charge is 2.15. The van der Waals surface area contributed by atoms with E-state index in [9.17, 15) is 14.9 Å².